The quantitative estimate of drug-likeness (QED) is 0.217. The maximum atomic E-state index is 12.6. The molecule has 3 unspecified atom stereocenters. The van der Waals surface area contributed by atoms with Gasteiger partial charge in [-0.15, -0.1) is 0 Å². The molecule has 34 heavy (non-hydrogen) atoms. The van der Waals surface area contributed by atoms with E-state index in [0.717, 1.165) is 5.56 Å². The number of benzene rings is 1. The smallest absolute Gasteiger partial charge is 0.440 e. The Morgan fingerprint density at radius 1 is 1.09 bits per heavy atom. The van der Waals surface area contributed by atoms with Crippen LogP contribution in [-0.4, -0.2) is 62.3 Å². The summed E-state index contributed by atoms with van der Waals surface area (Å²) in [5, 5.41) is 13.3. The topological polar surface area (TPSA) is 116 Å². The summed E-state index contributed by atoms with van der Waals surface area (Å²) in [6.07, 6.45) is -2.12. The highest BCUT2D eigenvalue weighted by Crippen LogP contribution is 2.67. The minimum atomic E-state index is -3.65. The van der Waals surface area contributed by atoms with E-state index in [1.165, 1.54) is 7.11 Å². The second kappa shape index (κ2) is 13.3. The van der Waals surface area contributed by atoms with Crippen LogP contribution < -0.4 is 5.32 Å². The number of carbonyl (C=O) groups excluding carboxylic acids is 1. The van der Waals surface area contributed by atoms with Gasteiger partial charge in [0.25, 0.3) is 0 Å². The van der Waals surface area contributed by atoms with Crippen molar-refractivity contribution in [2.24, 2.45) is 5.92 Å². The lowest BCUT2D eigenvalue weighted by Gasteiger charge is -2.38. The van der Waals surface area contributed by atoms with Crippen LogP contribution in [0.4, 0.5) is 4.79 Å². The Morgan fingerprint density at radius 2 is 1.62 bits per heavy atom. The van der Waals surface area contributed by atoms with Crippen LogP contribution in [0, 0.1) is 5.92 Å². The summed E-state index contributed by atoms with van der Waals surface area (Å²) in [5.74, 6) is -1.60. The van der Waals surface area contributed by atoms with Crippen molar-refractivity contribution >= 4 is 23.8 Å². The zero-order valence-corrected chi connectivity index (χ0v) is 24.2. The SMILES string of the molecule is COC(O)[C@@H](NC(=O)OCc1ccccc1)C(C)C(O[SiH2]C)[P+](O)(OC(C)(C)C)OC(C)(C)C. The fourth-order valence-corrected chi connectivity index (χ4v) is 7.75. The van der Waals surface area contributed by atoms with Crippen molar-refractivity contribution in [1.29, 1.82) is 0 Å². The van der Waals surface area contributed by atoms with Crippen molar-refractivity contribution in [3.63, 3.8) is 0 Å². The number of amides is 1. The highest BCUT2D eigenvalue weighted by atomic mass is 31.2. The van der Waals surface area contributed by atoms with Gasteiger partial charge in [0.2, 0.25) is 5.85 Å². The maximum absolute atomic E-state index is 12.6. The van der Waals surface area contributed by atoms with Gasteiger partial charge in [-0.25, -0.2) is 4.79 Å². The molecule has 1 aromatic rings. The molecule has 1 aromatic carbocycles. The Morgan fingerprint density at radius 3 is 2.06 bits per heavy atom. The van der Waals surface area contributed by atoms with Gasteiger partial charge >= 0.3 is 14.0 Å². The van der Waals surface area contributed by atoms with Crippen LogP contribution in [0.1, 0.15) is 54.0 Å². The molecule has 3 N–H and O–H groups in total. The maximum Gasteiger partial charge on any atom is 0.440 e. The van der Waals surface area contributed by atoms with Crippen LogP contribution in [-0.2, 0) is 29.6 Å². The molecule has 0 radical (unpaired) electrons. The number of hydrogen-bond acceptors (Lipinski definition) is 8. The lowest BCUT2D eigenvalue weighted by molar-refractivity contribution is -0.113. The Bertz CT molecular complexity index is 725. The molecule has 1 amide bonds. The molecule has 0 heterocycles. The average molecular weight is 521 g/mol. The molecule has 0 fully saturated rings. The zero-order valence-electron chi connectivity index (χ0n) is 21.9. The van der Waals surface area contributed by atoms with Gasteiger partial charge in [0.15, 0.2) is 16.1 Å². The third kappa shape index (κ3) is 10.7. The molecular formula is C23H43NO8PSi+. The Balaban J connectivity index is 3.19. The summed E-state index contributed by atoms with van der Waals surface area (Å²) >= 11 is 0. The first-order valence-corrected chi connectivity index (χ1v) is 15.1. The minimum absolute atomic E-state index is 0.0653. The predicted octanol–water partition coefficient (Wildman–Crippen LogP) is 3.74. The van der Waals surface area contributed by atoms with Gasteiger partial charge in [-0.3, -0.25) is 0 Å². The number of nitrogens with one attached hydrogen (secondary N) is 1. The first-order chi connectivity index (χ1) is 15.6. The van der Waals surface area contributed by atoms with Crippen LogP contribution in [0.25, 0.3) is 0 Å². The van der Waals surface area contributed by atoms with Crippen molar-refractivity contribution in [3.8, 4) is 0 Å². The van der Waals surface area contributed by atoms with E-state index in [0.29, 0.717) is 0 Å². The van der Waals surface area contributed by atoms with Crippen molar-refractivity contribution in [1.82, 2.24) is 5.32 Å². The van der Waals surface area contributed by atoms with E-state index in [-0.39, 0.29) is 6.61 Å². The van der Waals surface area contributed by atoms with E-state index in [1.807, 2.05) is 78.4 Å². The second-order valence-electron chi connectivity index (χ2n) is 10.0. The normalized spacial score (nSPS) is 16.8. The third-order valence-corrected chi connectivity index (χ3v) is 8.38. The van der Waals surface area contributed by atoms with E-state index in [2.05, 4.69) is 5.32 Å². The predicted molar refractivity (Wildman–Crippen MR) is 136 cm³/mol. The molecule has 0 aromatic heterocycles. The largest absolute Gasteiger partial charge is 0.445 e. The molecule has 0 saturated carbocycles. The molecule has 0 aliphatic heterocycles. The fourth-order valence-electron chi connectivity index (χ4n) is 3.31. The monoisotopic (exact) mass is 520 g/mol. The fraction of sp³-hybridized carbons (Fsp3) is 0.696. The van der Waals surface area contributed by atoms with Gasteiger partial charge in [0, 0.05) is 7.11 Å². The molecule has 0 saturated heterocycles. The number of alkyl carbamates (subject to hydrolysis) is 1. The molecule has 196 valence electrons. The van der Waals surface area contributed by atoms with Crippen LogP contribution in [0.2, 0.25) is 6.55 Å². The van der Waals surface area contributed by atoms with Gasteiger partial charge in [0.1, 0.15) is 17.8 Å². The number of hydrogen-bond donors (Lipinski definition) is 3. The molecule has 9 nitrogen and oxygen atoms in total. The van der Waals surface area contributed by atoms with Crippen LogP contribution in [0.15, 0.2) is 30.3 Å². The van der Waals surface area contributed by atoms with E-state index in [9.17, 15) is 14.8 Å². The first kappa shape index (κ1) is 30.9. The van der Waals surface area contributed by atoms with E-state index in [4.69, 9.17) is 22.9 Å². The first-order valence-electron chi connectivity index (χ1n) is 11.4. The molecule has 0 aliphatic rings. The minimum Gasteiger partial charge on any atom is -0.445 e. The van der Waals surface area contributed by atoms with Gasteiger partial charge in [-0.05, 0) is 47.1 Å². The average Bonchev–Trinajstić information content (AvgIpc) is 2.71. The highest BCUT2D eigenvalue weighted by Gasteiger charge is 2.60. The Labute approximate surface area is 207 Å². The summed E-state index contributed by atoms with van der Waals surface area (Å²) < 4.78 is 28.7. The zero-order chi connectivity index (χ0) is 26.2. The van der Waals surface area contributed by atoms with Crippen LogP contribution in [0.3, 0.4) is 0 Å². The second-order valence-corrected chi connectivity index (χ2v) is 12.9. The number of methoxy groups -OCH3 is 1. The third-order valence-electron chi connectivity index (χ3n) is 4.53. The van der Waals surface area contributed by atoms with Crippen molar-refractivity contribution in [3.05, 3.63) is 35.9 Å². The molecule has 0 bridgehead atoms. The summed E-state index contributed by atoms with van der Waals surface area (Å²) in [4.78, 5) is 24.3. The lowest BCUT2D eigenvalue weighted by atomic mass is 10.0. The van der Waals surface area contributed by atoms with E-state index >= 15 is 0 Å². The molecule has 1 rings (SSSR count). The molecule has 11 heteroatoms. The van der Waals surface area contributed by atoms with Crippen molar-refractivity contribution in [2.45, 2.75) is 91.0 Å². The lowest BCUT2D eigenvalue weighted by Crippen LogP contribution is -2.53. The Hall–Kier alpha value is -1.10. The molecule has 0 spiro atoms. The Kier molecular flexibility index (Phi) is 12.1. The van der Waals surface area contributed by atoms with Crippen LogP contribution >= 0.6 is 7.94 Å². The van der Waals surface area contributed by atoms with Gasteiger partial charge in [0.05, 0.1) is 12.0 Å². The summed E-state index contributed by atoms with van der Waals surface area (Å²) in [6.45, 7) is 14.6. The summed E-state index contributed by atoms with van der Waals surface area (Å²) in [6, 6.07) is 8.27. The van der Waals surface area contributed by atoms with E-state index in [1.54, 1.807) is 6.92 Å². The number of aliphatic hydroxyl groups is 1. The van der Waals surface area contributed by atoms with Crippen molar-refractivity contribution in [2.75, 3.05) is 7.11 Å². The van der Waals surface area contributed by atoms with Gasteiger partial charge in [-0.2, -0.15) is 13.9 Å². The summed E-state index contributed by atoms with van der Waals surface area (Å²) in [7, 11) is -3.38. The van der Waals surface area contributed by atoms with Gasteiger partial charge < -0.3 is 24.3 Å². The number of ether oxygens (including phenoxy) is 2. The molecule has 4 atom stereocenters. The van der Waals surface area contributed by atoms with Crippen molar-refractivity contribution < 1.29 is 37.7 Å². The highest BCUT2D eigenvalue weighted by molar-refractivity contribution is 7.61. The number of carbonyl (C=O) groups is 1. The van der Waals surface area contributed by atoms with Gasteiger partial charge in [-0.1, -0.05) is 43.8 Å². The van der Waals surface area contributed by atoms with Crippen LogP contribution in [0.5, 0.6) is 0 Å². The summed E-state index contributed by atoms with van der Waals surface area (Å²) in [5.41, 5.74) is -0.644. The molecule has 0 aliphatic carbocycles. The number of aliphatic hydroxyl groups excluding tert-OH is 1. The van der Waals surface area contributed by atoms with E-state index < -0.39 is 59.1 Å². The number of rotatable bonds is 12. The standard InChI is InChI=1S/C23H42NO8PSi/c1-16(20(30-34-9)33(27,31-22(2,3)4)32-23(5,6)7)18(19(25)28-8)24-21(26)29-15-17-13-11-10-12-14-17/h10-14,16,18-20,25,27H,15,34H2,1-9H3/p+1/t16?,18-,19?,20?/m0/s1. The molecular weight excluding hydrogens is 477 g/mol.